The topological polar surface area (TPSA) is 38.8 Å². The van der Waals surface area contributed by atoms with Crippen LogP contribution >= 0.6 is 0 Å². The number of ether oxygens (including phenoxy) is 2. The Labute approximate surface area is 130 Å². The quantitative estimate of drug-likeness (QED) is 0.798. The van der Waals surface area contributed by atoms with Crippen LogP contribution in [0.1, 0.15) is 30.9 Å². The summed E-state index contributed by atoms with van der Waals surface area (Å²) in [5.41, 5.74) is 1.73. The van der Waals surface area contributed by atoms with Crippen LogP contribution in [0, 0.1) is 18.8 Å². The Bertz CT molecular complexity index is 642. The van der Waals surface area contributed by atoms with E-state index in [1.807, 2.05) is 4.90 Å². The molecule has 2 unspecified atom stereocenters. The molecule has 0 saturated carbocycles. The third-order valence-corrected chi connectivity index (χ3v) is 5.96. The third-order valence-electron chi connectivity index (χ3n) is 5.96. The Kier molecular flexibility index (Phi) is 2.45. The van der Waals surface area contributed by atoms with Crippen LogP contribution in [-0.2, 0) is 20.0 Å². The molecule has 4 heteroatoms. The normalized spacial score (nSPS) is 45.5. The highest BCUT2D eigenvalue weighted by molar-refractivity contribution is 5.85. The maximum Gasteiger partial charge on any atom is 0.231 e. The summed E-state index contributed by atoms with van der Waals surface area (Å²) in [6.45, 7) is 4.84. The van der Waals surface area contributed by atoms with Crippen LogP contribution in [0.25, 0.3) is 0 Å². The van der Waals surface area contributed by atoms with Gasteiger partial charge < -0.3 is 14.4 Å². The second-order valence-electron chi connectivity index (χ2n) is 7.28. The standard InChI is InChI=1S/C18H21NO3/c1-10-3-5-12(6-4-10)18-16-14-8-7-13(21-14)15(16)17(20)19(18)9-11(2)22-18/h3-6,11,13-16H,7-9H2,1-2H3/t11?,13-,14+,15-,16+,18?/m1/s1. The van der Waals surface area contributed by atoms with Crippen molar-refractivity contribution in [2.75, 3.05) is 6.54 Å². The fourth-order valence-electron chi connectivity index (χ4n) is 5.19. The van der Waals surface area contributed by atoms with Gasteiger partial charge in [0.25, 0.3) is 0 Å². The van der Waals surface area contributed by atoms with Gasteiger partial charge in [-0.15, -0.1) is 0 Å². The van der Waals surface area contributed by atoms with Crippen molar-refractivity contribution in [1.29, 1.82) is 0 Å². The number of hydrogen-bond acceptors (Lipinski definition) is 3. The highest BCUT2D eigenvalue weighted by Crippen LogP contribution is 2.61. The monoisotopic (exact) mass is 299 g/mol. The van der Waals surface area contributed by atoms with Gasteiger partial charge in [-0.05, 0) is 26.7 Å². The Morgan fingerprint density at radius 2 is 1.91 bits per heavy atom. The molecule has 4 nitrogen and oxygen atoms in total. The Hall–Kier alpha value is -1.39. The van der Waals surface area contributed by atoms with E-state index in [1.165, 1.54) is 5.56 Å². The van der Waals surface area contributed by atoms with Crippen molar-refractivity contribution in [3.05, 3.63) is 35.4 Å². The SMILES string of the molecule is Cc1ccc(C23OC(C)CN2C(=O)[C@H]2[C@@H]3[C@@H]3CC[C@H]2O3)cc1. The molecule has 0 spiro atoms. The second kappa shape index (κ2) is 4.12. The molecule has 1 amide bonds. The van der Waals surface area contributed by atoms with Gasteiger partial charge in [0.1, 0.15) is 0 Å². The minimum absolute atomic E-state index is 0.00690. The van der Waals surface area contributed by atoms with E-state index in [4.69, 9.17) is 9.47 Å². The number of carbonyl (C=O) groups excluding carboxylic acids is 1. The third kappa shape index (κ3) is 1.38. The van der Waals surface area contributed by atoms with Crippen LogP contribution in [0.15, 0.2) is 24.3 Å². The lowest BCUT2D eigenvalue weighted by Crippen LogP contribution is -2.46. The number of hydrogen-bond donors (Lipinski definition) is 0. The van der Waals surface area contributed by atoms with Gasteiger partial charge >= 0.3 is 0 Å². The molecule has 2 bridgehead atoms. The molecular formula is C18H21NO3. The van der Waals surface area contributed by atoms with Crippen LogP contribution in [0.2, 0.25) is 0 Å². The minimum atomic E-state index is -0.602. The van der Waals surface area contributed by atoms with Gasteiger partial charge in [-0.2, -0.15) is 0 Å². The summed E-state index contributed by atoms with van der Waals surface area (Å²) in [5, 5.41) is 0. The summed E-state index contributed by atoms with van der Waals surface area (Å²) in [5.74, 6) is 0.376. The lowest BCUT2D eigenvalue weighted by Gasteiger charge is -2.38. The van der Waals surface area contributed by atoms with Gasteiger partial charge in [-0.3, -0.25) is 4.79 Å². The summed E-state index contributed by atoms with van der Waals surface area (Å²) in [4.78, 5) is 15.0. The molecule has 0 aliphatic carbocycles. The van der Waals surface area contributed by atoms with E-state index in [9.17, 15) is 4.79 Å². The first-order chi connectivity index (χ1) is 10.6. The average Bonchev–Trinajstić information content (AvgIpc) is 3.22. The number of benzene rings is 1. The van der Waals surface area contributed by atoms with Crippen molar-refractivity contribution in [1.82, 2.24) is 4.90 Å². The largest absolute Gasteiger partial charge is 0.374 e. The number of nitrogens with zero attached hydrogens (tertiary/aromatic N) is 1. The van der Waals surface area contributed by atoms with Crippen molar-refractivity contribution in [2.45, 2.75) is 50.7 Å². The zero-order chi connectivity index (χ0) is 15.1. The lowest BCUT2D eigenvalue weighted by atomic mass is 9.74. The van der Waals surface area contributed by atoms with E-state index in [0.29, 0.717) is 6.54 Å². The van der Waals surface area contributed by atoms with Gasteiger partial charge in [0.2, 0.25) is 5.91 Å². The zero-order valence-corrected chi connectivity index (χ0v) is 13.0. The molecule has 1 aromatic carbocycles. The molecule has 5 rings (SSSR count). The number of carbonyl (C=O) groups is 1. The zero-order valence-electron chi connectivity index (χ0n) is 13.0. The Morgan fingerprint density at radius 3 is 2.68 bits per heavy atom. The molecule has 0 aromatic heterocycles. The summed E-state index contributed by atoms with van der Waals surface area (Å²) in [6.07, 6.45) is 2.42. The second-order valence-corrected chi connectivity index (χ2v) is 7.28. The fourth-order valence-corrected chi connectivity index (χ4v) is 5.19. The van der Waals surface area contributed by atoms with E-state index in [1.54, 1.807) is 0 Å². The Balaban J connectivity index is 1.69. The maximum absolute atomic E-state index is 13.0. The number of aryl methyl sites for hydroxylation is 1. The van der Waals surface area contributed by atoms with E-state index in [-0.39, 0.29) is 36.1 Å². The molecule has 22 heavy (non-hydrogen) atoms. The first kappa shape index (κ1) is 13.1. The smallest absolute Gasteiger partial charge is 0.231 e. The van der Waals surface area contributed by atoms with Gasteiger partial charge in [0.15, 0.2) is 5.72 Å². The molecule has 4 aliphatic heterocycles. The molecule has 1 aromatic rings. The van der Waals surface area contributed by atoms with Crippen molar-refractivity contribution in [3.8, 4) is 0 Å². The lowest BCUT2D eigenvalue weighted by molar-refractivity contribution is -0.154. The summed E-state index contributed by atoms with van der Waals surface area (Å²) in [6, 6.07) is 8.48. The van der Waals surface area contributed by atoms with Crippen LogP contribution in [-0.4, -0.2) is 35.7 Å². The van der Waals surface area contributed by atoms with Crippen LogP contribution in [0.4, 0.5) is 0 Å². The molecule has 4 heterocycles. The highest BCUT2D eigenvalue weighted by atomic mass is 16.6. The molecule has 0 radical (unpaired) electrons. The number of rotatable bonds is 1. The molecule has 0 N–H and O–H groups in total. The molecular weight excluding hydrogens is 278 g/mol. The van der Waals surface area contributed by atoms with Crippen molar-refractivity contribution >= 4 is 5.91 Å². The van der Waals surface area contributed by atoms with E-state index < -0.39 is 5.72 Å². The van der Waals surface area contributed by atoms with E-state index in [2.05, 4.69) is 38.1 Å². The molecule has 6 atom stereocenters. The predicted molar refractivity (Wildman–Crippen MR) is 80.0 cm³/mol. The van der Waals surface area contributed by atoms with Crippen LogP contribution in [0.5, 0.6) is 0 Å². The molecule has 4 fully saturated rings. The van der Waals surface area contributed by atoms with Crippen molar-refractivity contribution in [3.63, 3.8) is 0 Å². The van der Waals surface area contributed by atoms with Crippen LogP contribution < -0.4 is 0 Å². The van der Waals surface area contributed by atoms with Crippen molar-refractivity contribution < 1.29 is 14.3 Å². The minimum Gasteiger partial charge on any atom is -0.374 e. The van der Waals surface area contributed by atoms with Gasteiger partial charge in [-0.25, -0.2) is 0 Å². The fraction of sp³-hybridized carbons (Fsp3) is 0.611. The Morgan fingerprint density at radius 1 is 1.18 bits per heavy atom. The highest BCUT2D eigenvalue weighted by Gasteiger charge is 2.72. The number of fused-ring (bicyclic) bond motifs is 7. The first-order valence-electron chi connectivity index (χ1n) is 8.33. The summed E-state index contributed by atoms with van der Waals surface area (Å²) < 4.78 is 12.6. The predicted octanol–water partition coefficient (Wildman–Crippen LogP) is 2.20. The van der Waals surface area contributed by atoms with E-state index >= 15 is 0 Å². The van der Waals surface area contributed by atoms with Gasteiger partial charge in [-0.1, -0.05) is 29.8 Å². The average molecular weight is 299 g/mol. The number of amides is 1. The first-order valence-corrected chi connectivity index (χ1v) is 8.33. The van der Waals surface area contributed by atoms with Gasteiger partial charge in [0.05, 0.1) is 30.1 Å². The summed E-state index contributed by atoms with van der Waals surface area (Å²) >= 11 is 0. The molecule has 116 valence electrons. The molecule has 4 aliphatic rings. The molecule has 4 saturated heterocycles. The van der Waals surface area contributed by atoms with E-state index in [0.717, 1.165) is 18.4 Å². The summed E-state index contributed by atoms with van der Waals surface area (Å²) in [7, 11) is 0. The van der Waals surface area contributed by atoms with Gasteiger partial charge in [0, 0.05) is 12.1 Å². The maximum atomic E-state index is 13.0. The van der Waals surface area contributed by atoms with Crippen LogP contribution in [0.3, 0.4) is 0 Å². The van der Waals surface area contributed by atoms with Crippen molar-refractivity contribution in [2.24, 2.45) is 11.8 Å².